The van der Waals surface area contributed by atoms with Crippen molar-refractivity contribution < 1.29 is 14.6 Å². The normalized spacial score (nSPS) is 14.9. The smallest absolute Gasteiger partial charge is 0.322 e. The molecule has 16 heavy (non-hydrogen) atoms. The Kier molecular flexibility index (Phi) is 8.21. The van der Waals surface area contributed by atoms with Crippen LogP contribution in [0.4, 0.5) is 0 Å². The van der Waals surface area contributed by atoms with Crippen LogP contribution in [0.1, 0.15) is 40.5 Å². The van der Waals surface area contributed by atoms with Crippen LogP contribution in [0.15, 0.2) is 0 Å². The third kappa shape index (κ3) is 5.47. The van der Waals surface area contributed by atoms with E-state index < -0.39 is 6.10 Å². The van der Waals surface area contributed by atoms with Crippen molar-refractivity contribution in [3.8, 4) is 0 Å². The van der Waals surface area contributed by atoms with Crippen molar-refractivity contribution in [2.24, 2.45) is 5.92 Å². The molecule has 96 valence electrons. The standard InChI is InChI=1S/C12H25NO3/c1-5-10(6-2)11(14)8-13-9(4)12(15)16-7-3/h9-11,13-14H,5-8H2,1-4H3. The van der Waals surface area contributed by atoms with Crippen molar-refractivity contribution in [3.05, 3.63) is 0 Å². The number of carbonyl (C=O) groups excluding carboxylic acids is 1. The molecule has 0 aromatic carbocycles. The van der Waals surface area contributed by atoms with Crippen molar-refractivity contribution in [3.63, 3.8) is 0 Å². The first-order valence-corrected chi connectivity index (χ1v) is 6.14. The van der Waals surface area contributed by atoms with E-state index in [2.05, 4.69) is 19.2 Å². The summed E-state index contributed by atoms with van der Waals surface area (Å²) >= 11 is 0. The largest absolute Gasteiger partial charge is 0.465 e. The Hall–Kier alpha value is -0.610. The van der Waals surface area contributed by atoms with Gasteiger partial charge in [-0.05, 0) is 19.8 Å². The molecule has 2 unspecified atom stereocenters. The van der Waals surface area contributed by atoms with E-state index in [0.717, 1.165) is 12.8 Å². The molecule has 0 rings (SSSR count). The molecule has 2 N–H and O–H groups in total. The van der Waals surface area contributed by atoms with Gasteiger partial charge in [0.15, 0.2) is 0 Å². The Bertz CT molecular complexity index is 193. The molecule has 0 aliphatic rings. The lowest BCUT2D eigenvalue weighted by Crippen LogP contribution is -2.41. The van der Waals surface area contributed by atoms with Gasteiger partial charge >= 0.3 is 5.97 Å². The first kappa shape index (κ1) is 15.4. The van der Waals surface area contributed by atoms with Gasteiger partial charge in [0.1, 0.15) is 6.04 Å². The lowest BCUT2D eigenvalue weighted by Gasteiger charge is -2.22. The summed E-state index contributed by atoms with van der Waals surface area (Å²) in [7, 11) is 0. The number of ether oxygens (including phenoxy) is 1. The third-order valence-corrected chi connectivity index (χ3v) is 2.87. The zero-order valence-corrected chi connectivity index (χ0v) is 10.8. The van der Waals surface area contributed by atoms with E-state index in [9.17, 15) is 9.90 Å². The lowest BCUT2D eigenvalue weighted by molar-refractivity contribution is -0.145. The molecule has 0 aromatic heterocycles. The van der Waals surface area contributed by atoms with Crippen molar-refractivity contribution in [2.75, 3.05) is 13.2 Å². The highest BCUT2D eigenvalue weighted by molar-refractivity contribution is 5.75. The van der Waals surface area contributed by atoms with E-state index in [1.807, 2.05) is 0 Å². The second-order valence-corrected chi connectivity index (χ2v) is 4.03. The maximum atomic E-state index is 11.3. The van der Waals surface area contributed by atoms with Gasteiger partial charge in [-0.1, -0.05) is 26.7 Å². The maximum Gasteiger partial charge on any atom is 0.322 e. The molecule has 0 bridgehead atoms. The summed E-state index contributed by atoms with van der Waals surface area (Å²) in [6.45, 7) is 8.48. The summed E-state index contributed by atoms with van der Waals surface area (Å²) in [4.78, 5) is 11.3. The minimum Gasteiger partial charge on any atom is -0.465 e. The number of hydrogen-bond acceptors (Lipinski definition) is 4. The Morgan fingerprint density at radius 2 is 1.88 bits per heavy atom. The summed E-state index contributed by atoms with van der Waals surface area (Å²) in [6, 6.07) is -0.357. The fourth-order valence-corrected chi connectivity index (χ4v) is 1.65. The van der Waals surface area contributed by atoms with E-state index >= 15 is 0 Å². The molecular weight excluding hydrogens is 206 g/mol. The fourth-order valence-electron chi connectivity index (χ4n) is 1.65. The van der Waals surface area contributed by atoms with Crippen molar-refractivity contribution in [1.29, 1.82) is 0 Å². The number of nitrogens with one attached hydrogen (secondary N) is 1. The zero-order chi connectivity index (χ0) is 12.6. The van der Waals surface area contributed by atoms with Crippen LogP contribution in [0, 0.1) is 5.92 Å². The Morgan fingerprint density at radius 3 is 2.31 bits per heavy atom. The summed E-state index contributed by atoms with van der Waals surface area (Å²) in [5.41, 5.74) is 0. The fraction of sp³-hybridized carbons (Fsp3) is 0.917. The van der Waals surface area contributed by atoms with E-state index in [0.29, 0.717) is 19.1 Å². The summed E-state index contributed by atoms with van der Waals surface area (Å²) < 4.78 is 4.87. The van der Waals surface area contributed by atoms with Crippen LogP contribution in [0.2, 0.25) is 0 Å². The van der Waals surface area contributed by atoms with Gasteiger partial charge in [-0.3, -0.25) is 4.79 Å². The quantitative estimate of drug-likeness (QED) is 0.619. The van der Waals surface area contributed by atoms with Crippen LogP contribution in [0.25, 0.3) is 0 Å². The van der Waals surface area contributed by atoms with Gasteiger partial charge in [0.25, 0.3) is 0 Å². The maximum absolute atomic E-state index is 11.3. The van der Waals surface area contributed by atoms with E-state index in [1.165, 1.54) is 0 Å². The predicted molar refractivity (Wildman–Crippen MR) is 64.2 cm³/mol. The van der Waals surface area contributed by atoms with Gasteiger partial charge in [-0.2, -0.15) is 0 Å². The number of aliphatic hydroxyl groups excluding tert-OH is 1. The van der Waals surface area contributed by atoms with Gasteiger partial charge in [-0.25, -0.2) is 0 Å². The van der Waals surface area contributed by atoms with Gasteiger partial charge in [0.2, 0.25) is 0 Å². The second kappa shape index (κ2) is 8.53. The van der Waals surface area contributed by atoms with E-state index in [-0.39, 0.29) is 12.0 Å². The number of aliphatic hydroxyl groups is 1. The molecule has 0 radical (unpaired) electrons. The minimum absolute atomic E-state index is 0.265. The molecule has 0 spiro atoms. The first-order chi connectivity index (χ1) is 7.56. The van der Waals surface area contributed by atoms with Gasteiger partial charge in [0.05, 0.1) is 12.7 Å². The number of esters is 1. The third-order valence-electron chi connectivity index (χ3n) is 2.87. The minimum atomic E-state index is -0.396. The monoisotopic (exact) mass is 231 g/mol. The Morgan fingerprint density at radius 1 is 1.31 bits per heavy atom. The zero-order valence-electron chi connectivity index (χ0n) is 10.8. The molecule has 0 fully saturated rings. The molecule has 0 saturated heterocycles. The number of hydrogen-bond donors (Lipinski definition) is 2. The van der Waals surface area contributed by atoms with Crippen molar-refractivity contribution in [1.82, 2.24) is 5.32 Å². The molecular formula is C12H25NO3. The molecule has 0 heterocycles. The topological polar surface area (TPSA) is 58.6 Å². The highest BCUT2D eigenvalue weighted by Gasteiger charge is 2.18. The lowest BCUT2D eigenvalue weighted by atomic mass is 9.96. The number of rotatable bonds is 8. The molecule has 0 aliphatic carbocycles. The Balaban J connectivity index is 3.90. The average Bonchev–Trinajstić information content (AvgIpc) is 2.27. The second-order valence-electron chi connectivity index (χ2n) is 4.03. The van der Waals surface area contributed by atoms with E-state index in [4.69, 9.17) is 4.74 Å². The number of carbonyl (C=O) groups is 1. The highest BCUT2D eigenvalue weighted by atomic mass is 16.5. The molecule has 0 amide bonds. The summed E-state index contributed by atoms with van der Waals surface area (Å²) in [6.07, 6.45) is 1.51. The summed E-state index contributed by atoms with van der Waals surface area (Å²) in [5, 5.41) is 12.8. The molecule has 4 heteroatoms. The first-order valence-electron chi connectivity index (χ1n) is 6.14. The molecule has 0 saturated carbocycles. The molecule has 0 aliphatic heterocycles. The predicted octanol–water partition coefficient (Wildman–Crippen LogP) is 1.32. The van der Waals surface area contributed by atoms with Crippen LogP contribution in [-0.2, 0) is 9.53 Å². The van der Waals surface area contributed by atoms with E-state index in [1.54, 1.807) is 13.8 Å². The summed E-state index contributed by atoms with van der Waals surface area (Å²) in [5.74, 6) is 0.0288. The van der Waals surface area contributed by atoms with Gasteiger partial charge < -0.3 is 15.2 Å². The Labute approximate surface area is 98.4 Å². The highest BCUT2D eigenvalue weighted by Crippen LogP contribution is 2.12. The van der Waals surface area contributed by atoms with Gasteiger partial charge in [-0.15, -0.1) is 0 Å². The van der Waals surface area contributed by atoms with Crippen molar-refractivity contribution >= 4 is 5.97 Å². The van der Waals surface area contributed by atoms with Crippen LogP contribution in [0.3, 0.4) is 0 Å². The van der Waals surface area contributed by atoms with Crippen LogP contribution < -0.4 is 5.32 Å². The SMILES string of the molecule is CCOC(=O)C(C)NCC(O)C(CC)CC. The average molecular weight is 231 g/mol. The van der Waals surface area contributed by atoms with Gasteiger partial charge in [0, 0.05) is 6.54 Å². The van der Waals surface area contributed by atoms with Crippen LogP contribution >= 0.6 is 0 Å². The van der Waals surface area contributed by atoms with Crippen LogP contribution in [-0.4, -0.2) is 36.4 Å². The van der Waals surface area contributed by atoms with Crippen molar-refractivity contribution in [2.45, 2.75) is 52.7 Å². The molecule has 0 aromatic rings. The molecule has 4 nitrogen and oxygen atoms in total. The molecule has 2 atom stereocenters. The van der Waals surface area contributed by atoms with Crippen LogP contribution in [0.5, 0.6) is 0 Å².